The maximum Gasteiger partial charge on any atom is 0.259 e. The monoisotopic (exact) mass is 285 g/mol. The SMILES string of the molecule is O=C(Nc1nccnc1Cl)c1cccc(Cl)c1F. The van der Waals surface area contributed by atoms with Crippen LogP contribution in [-0.2, 0) is 0 Å². The first-order valence-electron chi connectivity index (χ1n) is 4.81. The largest absolute Gasteiger partial charge is 0.304 e. The van der Waals surface area contributed by atoms with E-state index in [2.05, 4.69) is 15.3 Å². The molecule has 7 heteroatoms. The first-order valence-corrected chi connectivity index (χ1v) is 5.57. The summed E-state index contributed by atoms with van der Waals surface area (Å²) in [6.45, 7) is 0. The van der Waals surface area contributed by atoms with E-state index in [0.717, 1.165) is 0 Å². The number of rotatable bonds is 2. The predicted octanol–water partition coefficient (Wildman–Crippen LogP) is 3.17. The van der Waals surface area contributed by atoms with Crippen molar-refractivity contribution >= 4 is 34.9 Å². The molecule has 1 amide bonds. The lowest BCUT2D eigenvalue weighted by molar-refractivity contribution is 0.102. The standard InChI is InChI=1S/C11H6Cl2FN3O/c12-7-3-1-2-6(8(7)14)11(18)17-10-9(13)15-4-5-16-10/h1-5H,(H,16,17,18). The first-order chi connectivity index (χ1) is 8.59. The van der Waals surface area contributed by atoms with Crippen LogP contribution in [0, 0.1) is 5.82 Å². The molecular formula is C11H6Cl2FN3O. The van der Waals surface area contributed by atoms with Crippen LogP contribution in [0.15, 0.2) is 30.6 Å². The Hall–Kier alpha value is -1.72. The molecule has 0 saturated carbocycles. The third-order valence-corrected chi connectivity index (χ3v) is 2.65. The summed E-state index contributed by atoms with van der Waals surface area (Å²) in [5, 5.41) is 2.24. The minimum absolute atomic E-state index is 0.0216. The van der Waals surface area contributed by atoms with E-state index in [0.29, 0.717) is 0 Å². The van der Waals surface area contributed by atoms with Crippen LogP contribution in [0.5, 0.6) is 0 Å². The van der Waals surface area contributed by atoms with Gasteiger partial charge in [-0.3, -0.25) is 4.79 Å². The number of halogens is 3. The Morgan fingerprint density at radius 1 is 1.22 bits per heavy atom. The van der Waals surface area contributed by atoms with Gasteiger partial charge in [-0.15, -0.1) is 0 Å². The number of benzene rings is 1. The summed E-state index contributed by atoms with van der Waals surface area (Å²) in [7, 11) is 0. The maximum atomic E-state index is 13.6. The number of carbonyl (C=O) groups excluding carboxylic acids is 1. The molecule has 0 spiro atoms. The second kappa shape index (κ2) is 5.29. The van der Waals surface area contributed by atoms with Gasteiger partial charge in [0.1, 0.15) is 0 Å². The summed E-state index contributed by atoms with van der Waals surface area (Å²) in [6, 6.07) is 4.13. The fourth-order valence-electron chi connectivity index (χ4n) is 1.26. The van der Waals surface area contributed by atoms with Gasteiger partial charge in [-0.2, -0.15) is 0 Å². The quantitative estimate of drug-likeness (QED) is 0.922. The first kappa shape index (κ1) is 12.7. The van der Waals surface area contributed by atoms with Crippen LogP contribution in [-0.4, -0.2) is 15.9 Å². The lowest BCUT2D eigenvalue weighted by Crippen LogP contribution is -2.15. The van der Waals surface area contributed by atoms with Crippen molar-refractivity contribution in [2.75, 3.05) is 5.32 Å². The Morgan fingerprint density at radius 3 is 2.67 bits per heavy atom. The molecule has 0 atom stereocenters. The molecule has 92 valence electrons. The maximum absolute atomic E-state index is 13.6. The molecular weight excluding hydrogens is 280 g/mol. The predicted molar refractivity (Wildman–Crippen MR) is 66.4 cm³/mol. The molecule has 2 rings (SSSR count). The normalized spacial score (nSPS) is 10.2. The van der Waals surface area contributed by atoms with E-state index in [4.69, 9.17) is 23.2 Å². The van der Waals surface area contributed by atoms with E-state index in [9.17, 15) is 9.18 Å². The van der Waals surface area contributed by atoms with Crippen LogP contribution >= 0.6 is 23.2 Å². The highest BCUT2D eigenvalue weighted by atomic mass is 35.5. The van der Waals surface area contributed by atoms with E-state index in [1.54, 1.807) is 0 Å². The lowest BCUT2D eigenvalue weighted by Gasteiger charge is -2.06. The van der Waals surface area contributed by atoms with Crippen molar-refractivity contribution in [3.63, 3.8) is 0 Å². The fourth-order valence-corrected chi connectivity index (χ4v) is 1.59. The summed E-state index contributed by atoms with van der Waals surface area (Å²) >= 11 is 11.3. The van der Waals surface area contributed by atoms with Gasteiger partial charge in [0.25, 0.3) is 5.91 Å². The Morgan fingerprint density at radius 2 is 1.94 bits per heavy atom. The van der Waals surface area contributed by atoms with E-state index in [1.165, 1.54) is 30.6 Å². The third-order valence-electron chi connectivity index (χ3n) is 2.08. The van der Waals surface area contributed by atoms with Crippen molar-refractivity contribution < 1.29 is 9.18 Å². The average Bonchev–Trinajstić information content (AvgIpc) is 2.35. The van der Waals surface area contributed by atoms with Crippen molar-refractivity contribution in [2.45, 2.75) is 0 Å². The minimum Gasteiger partial charge on any atom is -0.304 e. The molecule has 1 heterocycles. The van der Waals surface area contributed by atoms with Crippen LogP contribution in [0.2, 0.25) is 10.2 Å². The highest BCUT2D eigenvalue weighted by Crippen LogP contribution is 2.20. The molecule has 1 aromatic carbocycles. The number of carbonyl (C=O) groups is 1. The Bertz CT molecular complexity index is 607. The van der Waals surface area contributed by atoms with E-state index in [1.807, 2.05) is 0 Å². The fraction of sp³-hybridized carbons (Fsp3) is 0. The summed E-state index contributed by atoms with van der Waals surface area (Å²) in [6.07, 6.45) is 2.73. The zero-order chi connectivity index (χ0) is 13.1. The number of aromatic nitrogens is 2. The second-order valence-electron chi connectivity index (χ2n) is 3.25. The molecule has 4 nitrogen and oxygen atoms in total. The minimum atomic E-state index is -0.795. The molecule has 0 radical (unpaired) electrons. The zero-order valence-electron chi connectivity index (χ0n) is 8.82. The molecule has 0 fully saturated rings. The number of hydrogen-bond acceptors (Lipinski definition) is 3. The lowest BCUT2D eigenvalue weighted by atomic mass is 10.2. The summed E-state index contributed by atoms with van der Waals surface area (Å²) < 4.78 is 13.6. The second-order valence-corrected chi connectivity index (χ2v) is 4.02. The molecule has 0 aliphatic heterocycles. The molecule has 0 bridgehead atoms. The number of nitrogens with one attached hydrogen (secondary N) is 1. The van der Waals surface area contributed by atoms with Crippen molar-refractivity contribution in [3.05, 3.63) is 52.1 Å². The summed E-state index contributed by atoms with van der Waals surface area (Å²) in [4.78, 5) is 19.4. The molecule has 1 aromatic heterocycles. The summed E-state index contributed by atoms with van der Waals surface area (Å²) in [5.74, 6) is -1.43. The zero-order valence-corrected chi connectivity index (χ0v) is 10.3. The number of anilines is 1. The topological polar surface area (TPSA) is 54.9 Å². The van der Waals surface area contributed by atoms with Crippen molar-refractivity contribution in [3.8, 4) is 0 Å². The van der Waals surface area contributed by atoms with Crippen molar-refractivity contribution in [1.82, 2.24) is 9.97 Å². The van der Waals surface area contributed by atoms with E-state index >= 15 is 0 Å². The molecule has 2 aromatic rings. The van der Waals surface area contributed by atoms with Crippen molar-refractivity contribution in [2.24, 2.45) is 0 Å². The van der Waals surface area contributed by atoms with Gasteiger partial charge >= 0.3 is 0 Å². The Balaban J connectivity index is 2.28. The molecule has 0 unspecified atom stereocenters. The van der Waals surface area contributed by atoms with E-state index < -0.39 is 11.7 Å². The van der Waals surface area contributed by atoms with Gasteiger partial charge in [-0.1, -0.05) is 29.3 Å². The Labute approximate surface area is 112 Å². The van der Waals surface area contributed by atoms with Gasteiger partial charge in [0, 0.05) is 12.4 Å². The van der Waals surface area contributed by atoms with Gasteiger partial charge < -0.3 is 5.32 Å². The Kier molecular flexibility index (Phi) is 3.74. The van der Waals surface area contributed by atoms with Crippen molar-refractivity contribution in [1.29, 1.82) is 0 Å². The highest BCUT2D eigenvalue weighted by molar-refractivity contribution is 6.32. The van der Waals surface area contributed by atoms with Gasteiger partial charge in [0.15, 0.2) is 16.8 Å². The summed E-state index contributed by atoms with van der Waals surface area (Å²) in [5.41, 5.74) is -0.191. The van der Waals surface area contributed by atoms with Crippen LogP contribution in [0.25, 0.3) is 0 Å². The highest BCUT2D eigenvalue weighted by Gasteiger charge is 2.15. The smallest absolute Gasteiger partial charge is 0.259 e. The molecule has 0 aliphatic rings. The van der Waals surface area contributed by atoms with Gasteiger partial charge in [-0.05, 0) is 12.1 Å². The molecule has 18 heavy (non-hydrogen) atoms. The van der Waals surface area contributed by atoms with Crippen LogP contribution in [0.1, 0.15) is 10.4 Å². The van der Waals surface area contributed by atoms with Crippen LogP contribution in [0.4, 0.5) is 10.2 Å². The van der Waals surface area contributed by atoms with Gasteiger partial charge in [-0.25, -0.2) is 14.4 Å². The van der Waals surface area contributed by atoms with Crippen LogP contribution in [0.3, 0.4) is 0 Å². The van der Waals surface area contributed by atoms with Crippen LogP contribution < -0.4 is 5.32 Å². The number of amides is 1. The van der Waals surface area contributed by atoms with Gasteiger partial charge in [0.2, 0.25) is 0 Å². The van der Waals surface area contributed by atoms with E-state index in [-0.39, 0.29) is 21.6 Å². The number of nitrogens with zero attached hydrogens (tertiary/aromatic N) is 2. The third kappa shape index (κ3) is 2.57. The number of hydrogen-bond donors (Lipinski definition) is 1. The molecule has 1 N–H and O–H groups in total. The van der Waals surface area contributed by atoms with Gasteiger partial charge in [0.05, 0.1) is 10.6 Å². The molecule has 0 saturated heterocycles. The molecule has 0 aliphatic carbocycles. The average molecular weight is 286 g/mol.